The number of ether oxygens (including phenoxy) is 3. The second-order valence-electron chi connectivity index (χ2n) is 7.10. The summed E-state index contributed by atoms with van der Waals surface area (Å²) in [7, 11) is 0. The van der Waals surface area contributed by atoms with Gasteiger partial charge in [0.1, 0.15) is 19.0 Å². The highest BCUT2D eigenvalue weighted by molar-refractivity contribution is 5.88. The largest absolute Gasteiger partial charge is 0.489 e. The minimum absolute atomic E-state index is 0.191. The first-order valence-corrected chi connectivity index (χ1v) is 10.5. The number of pyridine rings is 1. The molecule has 0 saturated carbocycles. The molecule has 0 aliphatic carbocycles. The van der Waals surface area contributed by atoms with Crippen LogP contribution in [-0.2, 0) is 6.61 Å². The van der Waals surface area contributed by atoms with Crippen LogP contribution >= 0.6 is 0 Å². The number of rotatable bonds is 12. The lowest BCUT2D eigenvalue weighted by molar-refractivity contribution is 0.277. The monoisotopic (exact) mass is 407 g/mol. The Hall–Kier alpha value is -3.21. The second kappa shape index (κ2) is 11.1. The van der Waals surface area contributed by atoms with Gasteiger partial charge in [0.25, 0.3) is 5.56 Å². The summed E-state index contributed by atoms with van der Waals surface area (Å²) in [5.74, 6) is 1.34. The normalized spacial score (nSPS) is 10.7. The van der Waals surface area contributed by atoms with Gasteiger partial charge in [0, 0.05) is 11.5 Å². The average molecular weight is 408 g/mol. The van der Waals surface area contributed by atoms with E-state index in [0.29, 0.717) is 30.2 Å². The van der Waals surface area contributed by atoms with E-state index >= 15 is 0 Å². The van der Waals surface area contributed by atoms with E-state index in [1.165, 1.54) is 6.42 Å². The first kappa shape index (κ1) is 21.5. The third kappa shape index (κ3) is 5.66. The van der Waals surface area contributed by atoms with E-state index in [4.69, 9.17) is 14.2 Å². The highest BCUT2D eigenvalue weighted by Crippen LogP contribution is 2.33. The summed E-state index contributed by atoms with van der Waals surface area (Å²) in [5.41, 5.74) is 1.41. The van der Waals surface area contributed by atoms with Crippen LogP contribution in [0.2, 0.25) is 0 Å². The molecule has 158 valence electrons. The predicted octanol–water partition coefficient (Wildman–Crippen LogP) is 5.63. The number of benzene rings is 2. The van der Waals surface area contributed by atoms with Gasteiger partial charge in [-0.15, -0.1) is 0 Å². The number of hydrogen-bond acceptors (Lipinski definition) is 4. The van der Waals surface area contributed by atoms with Crippen molar-refractivity contribution in [1.82, 2.24) is 4.98 Å². The molecule has 0 unspecified atom stereocenters. The van der Waals surface area contributed by atoms with Crippen molar-refractivity contribution in [3.63, 3.8) is 0 Å². The summed E-state index contributed by atoms with van der Waals surface area (Å²) in [5, 5.41) is 0.788. The van der Waals surface area contributed by atoms with Crippen LogP contribution in [0.4, 0.5) is 0 Å². The predicted molar refractivity (Wildman–Crippen MR) is 121 cm³/mol. The number of H-pyrrole nitrogens is 1. The molecule has 0 radical (unpaired) electrons. The first-order valence-electron chi connectivity index (χ1n) is 10.5. The fourth-order valence-corrected chi connectivity index (χ4v) is 3.18. The zero-order chi connectivity index (χ0) is 21.2. The molecule has 3 aromatic rings. The number of hydrogen-bond donors (Lipinski definition) is 1. The molecule has 0 amide bonds. The number of aromatic nitrogens is 1. The van der Waals surface area contributed by atoms with Gasteiger partial charge in [-0.2, -0.15) is 0 Å². The molecule has 2 aromatic carbocycles. The molecule has 0 fully saturated rings. The molecule has 0 aliphatic rings. The molecule has 1 N–H and O–H groups in total. The molecule has 0 spiro atoms. The molecule has 5 nitrogen and oxygen atoms in total. The summed E-state index contributed by atoms with van der Waals surface area (Å²) in [4.78, 5) is 15.5. The molecule has 0 bridgehead atoms. The molecule has 1 heterocycles. The maximum Gasteiger partial charge on any atom is 0.294 e. The number of fused-ring (bicyclic) bond motifs is 1. The van der Waals surface area contributed by atoms with E-state index in [2.05, 4.69) is 18.5 Å². The number of unbranched alkanes of at least 4 members (excludes halogenated alkanes) is 3. The van der Waals surface area contributed by atoms with Crippen molar-refractivity contribution in [3.8, 4) is 17.2 Å². The molecule has 30 heavy (non-hydrogen) atoms. The van der Waals surface area contributed by atoms with Gasteiger partial charge in [0.2, 0.25) is 5.75 Å². The quantitative estimate of drug-likeness (QED) is 0.312. The summed E-state index contributed by atoms with van der Waals surface area (Å²) < 4.78 is 17.5. The maximum atomic E-state index is 12.7. The lowest BCUT2D eigenvalue weighted by Gasteiger charge is -2.15. The fourth-order valence-electron chi connectivity index (χ4n) is 3.18. The first-order chi connectivity index (χ1) is 14.7. The Labute approximate surface area is 177 Å². The molecular weight excluding hydrogens is 378 g/mol. The standard InChI is InChI=1S/C25H29NO4/c1-3-5-6-10-16-29-23-21-14-13-20(30-18-19-11-8-7-9-12-19)17-22(21)26-25(27)24(23)28-15-4-2/h4,7-9,11-14,17H,2-3,5-6,10,15-16,18H2,1H3,(H,26,27). The Morgan fingerprint density at radius 2 is 1.80 bits per heavy atom. The Balaban J connectivity index is 1.85. The van der Waals surface area contributed by atoms with Crippen LogP contribution in [0, 0.1) is 0 Å². The van der Waals surface area contributed by atoms with E-state index < -0.39 is 0 Å². The van der Waals surface area contributed by atoms with Gasteiger partial charge in [0.15, 0.2) is 5.75 Å². The minimum Gasteiger partial charge on any atom is -0.489 e. The smallest absolute Gasteiger partial charge is 0.294 e. The minimum atomic E-state index is -0.326. The molecular formula is C25H29NO4. The second-order valence-corrected chi connectivity index (χ2v) is 7.10. The van der Waals surface area contributed by atoms with Gasteiger partial charge < -0.3 is 19.2 Å². The van der Waals surface area contributed by atoms with Crippen molar-refractivity contribution in [2.24, 2.45) is 0 Å². The molecule has 3 rings (SSSR count). The Bertz CT molecular complexity index is 1010. The fraction of sp³-hybridized carbons (Fsp3) is 0.320. The van der Waals surface area contributed by atoms with E-state index in [1.807, 2.05) is 48.5 Å². The van der Waals surface area contributed by atoms with Crippen LogP contribution in [-0.4, -0.2) is 18.2 Å². The van der Waals surface area contributed by atoms with Crippen molar-refractivity contribution in [3.05, 3.63) is 77.1 Å². The van der Waals surface area contributed by atoms with Gasteiger partial charge in [0.05, 0.1) is 12.1 Å². The van der Waals surface area contributed by atoms with Crippen LogP contribution in [0.15, 0.2) is 66.0 Å². The average Bonchev–Trinajstić information content (AvgIpc) is 2.77. The zero-order valence-corrected chi connectivity index (χ0v) is 17.5. The van der Waals surface area contributed by atoms with E-state index in [1.54, 1.807) is 6.08 Å². The topological polar surface area (TPSA) is 60.6 Å². The third-order valence-electron chi connectivity index (χ3n) is 4.73. The summed E-state index contributed by atoms with van der Waals surface area (Å²) in [6, 6.07) is 15.5. The summed E-state index contributed by atoms with van der Waals surface area (Å²) in [6.45, 7) is 7.05. The highest BCUT2D eigenvalue weighted by Gasteiger charge is 2.16. The van der Waals surface area contributed by atoms with Gasteiger partial charge in [-0.25, -0.2) is 0 Å². The SMILES string of the molecule is C=CCOc1c(OCCCCCC)c2ccc(OCc3ccccc3)cc2[nH]c1=O. The van der Waals surface area contributed by atoms with Crippen LogP contribution in [0.25, 0.3) is 10.9 Å². The molecule has 0 atom stereocenters. The lowest BCUT2D eigenvalue weighted by Crippen LogP contribution is -2.14. The van der Waals surface area contributed by atoms with Crippen molar-refractivity contribution in [1.29, 1.82) is 0 Å². The van der Waals surface area contributed by atoms with Crippen molar-refractivity contribution in [2.75, 3.05) is 13.2 Å². The van der Waals surface area contributed by atoms with E-state index in [9.17, 15) is 4.79 Å². The summed E-state index contributed by atoms with van der Waals surface area (Å²) in [6.07, 6.45) is 5.96. The zero-order valence-electron chi connectivity index (χ0n) is 17.5. The summed E-state index contributed by atoms with van der Waals surface area (Å²) >= 11 is 0. The number of aromatic amines is 1. The van der Waals surface area contributed by atoms with Crippen molar-refractivity contribution < 1.29 is 14.2 Å². The van der Waals surface area contributed by atoms with Crippen LogP contribution in [0.5, 0.6) is 17.2 Å². The lowest BCUT2D eigenvalue weighted by atomic mass is 10.1. The van der Waals surface area contributed by atoms with Crippen molar-refractivity contribution in [2.45, 2.75) is 39.2 Å². The Morgan fingerprint density at radius 3 is 2.57 bits per heavy atom. The van der Waals surface area contributed by atoms with Crippen LogP contribution in [0.1, 0.15) is 38.2 Å². The highest BCUT2D eigenvalue weighted by atomic mass is 16.5. The Morgan fingerprint density at radius 1 is 0.967 bits per heavy atom. The van der Waals surface area contributed by atoms with Gasteiger partial charge >= 0.3 is 0 Å². The van der Waals surface area contributed by atoms with Gasteiger partial charge in [-0.05, 0) is 24.1 Å². The molecule has 1 aromatic heterocycles. The number of nitrogens with one attached hydrogen (secondary N) is 1. The third-order valence-corrected chi connectivity index (χ3v) is 4.73. The Kier molecular flexibility index (Phi) is 7.95. The molecule has 0 aliphatic heterocycles. The van der Waals surface area contributed by atoms with Gasteiger partial charge in [-0.3, -0.25) is 4.79 Å². The van der Waals surface area contributed by atoms with Crippen LogP contribution in [0.3, 0.4) is 0 Å². The molecule has 0 saturated heterocycles. The van der Waals surface area contributed by atoms with Gasteiger partial charge in [-0.1, -0.05) is 69.2 Å². The van der Waals surface area contributed by atoms with Crippen molar-refractivity contribution >= 4 is 10.9 Å². The maximum absolute atomic E-state index is 12.7. The molecule has 5 heteroatoms. The van der Waals surface area contributed by atoms with Crippen LogP contribution < -0.4 is 19.8 Å². The van der Waals surface area contributed by atoms with E-state index in [0.717, 1.165) is 30.2 Å². The van der Waals surface area contributed by atoms with E-state index in [-0.39, 0.29) is 17.9 Å².